The summed E-state index contributed by atoms with van der Waals surface area (Å²) in [7, 11) is 1.65. The van der Waals surface area contributed by atoms with Gasteiger partial charge in [0.05, 0.1) is 13.2 Å². The van der Waals surface area contributed by atoms with Crippen LogP contribution in [-0.2, 0) is 6.42 Å². The maximum Gasteiger partial charge on any atom is 0.322 e. The largest absolute Gasteiger partial charge is 0.497 e. The van der Waals surface area contributed by atoms with E-state index in [1.165, 1.54) is 10.4 Å². The summed E-state index contributed by atoms with van der Waals surface area (Å²) in [6.45, 7) is 0.663. The maximum atomic E-state index is 13.1. The van der Waals surface area contributed by atoms with E-state index in [-0.39, 0.29) is 12.1 Å². The summed E-state index contributed by atoms with van der Waals surface area (Å²) in [5, 5.41) is 5.67. The Hall–Kier alpha value is -2.50. The zero-order chi connectivity index (χ0) is 18.8. The second kappa shape index (κ2) is 7.62. The fraction of sp³-hybridized carbons (Fsp3) is 0.190. The lowest BCUT2D eigenvalue weighted by atomic mass is 9.93. The molecule has 0 fully saturated rings. The van der Waals surface area contributed by atoms with Gasteiger partial charge in [0.15, 0.2) is 0 Å². The number of ether oxygens (including phenoxy) is 1. The van der Waals surface area contributed by atoms with Crippen LogP contribution in [0.5, 0.6) is 5.75 Å². The van der Waals surface area contributed by atoms with Crippen molar-refractivity contribution in [1.29, 1.82) is 0 Å². The number of thiophene rings is 1. The fourth-order valence-corrected chi connectivity index (χ4v) is 4.54. The molecule has 27 heavy (non-hydrogen) atoms. The number of rotatable bonds is 3. The average Bonchev–Trinajstić information content (AvgIpc) is 3.16. The highest BCUT2D eigenvalue weighted by Crippen LogP contribution is 2.38. The normalized spacial score (nSPS) is 15.9. The van der Waals surface area contributed by atoms with Crippen LogP contribution in [-0.4, -0.2) is 24.6 Å². The predicted molar refractivity (Wildman–Crippen MR) is 110 cm³/mol. The standard InChI is InChI=1S/C21H19ClN2O2S/c1-26-17-7-5-14(6-8-17)20-18-10-12-27-19(18)9-11-24(20)21(25)23-16-4-2-3-15(22)13-16/h2-8,10,12-13,20H,9,11H2,1H3,(H,23,25). The maximum absolute atomic E-state index is 13.1. The van der Waals surface area contributed by atoms with Gasteiger partial charge < -0.3 is 15.0 Å². The van der Waals surface area contributed by atoms with E-state index in [1.807, 2.05) is 41.3 Å². The van der Waals surface area contributed by atoms with Gasteiger partial charge in [0.2, 0.25) is 0 Å². The highest BCUT2D eigenvalue weighted by Gasteiger charge is 2.32. The van der Waals surface area contributed by atoms with Gasteiger partial charge in [-0.1, -0.05) is 29.8 Å². The minimum atomic E-state index is -0.130. The zero-order valence-electron chi connectivity index (χ0n) is 14.8. The molecule has 6 heteroatoms. The van der Waals surface area contributed by atoms with Crippen LogP contribution in [0, 0.1) is 0 Å². The number of anilines is 1. The number of halogens is 1. The Morgan fingerprint density at radius 3 is 2.78 bits per heavy atom. The highest BCUT2D eigenvalue weighted by atomic mass is 35.5. The first-order valence-corrected chi connectivity index (χ1v) is 9.95. The SMILES string of the molecule is COc1ccc(C2c3ccsc3CCN2C(=O)Nc2cccc(Cl)c2)cc1. The molecule has 1 aliphatic rings. The predicted octanol–water partition coefficient (Wildman–Crippen LogP) is 5.59. The van der Waals surface area contributed by atoms with Crippen LogP contribution < -0.4 is 10.1 Å². The van der Waals surface area contributed by atoms with Crippen LogP contribution in [0.4, 0.5) is 10.5 Å². The van der Waals surface area contributed by atoms with E-state index in [2.05, 4.69) is 16.8 Å². The van der Waals surface area contributed by atoms with Crippen molar-refractivity contribution in [2.45, 2.75) is 12.5 Å². The Balaban J connectivity index is 1.66. The molecule has 0 saturated heterocycles. The molecule has 1 aliphatic heterocycles. The summed E-state index contributed by atoms with van der Waals surface area (Å²) in [5.74, 6) is 0.801. The van der Waals surface area contributed by atoms with E-state index in [1.54, 1.807) is 30.6 Å². The lowest BCUT2D eigenvalue weighted by Crippen LogP contribution is -2.42. The Morgan fingerprint density at radius 1 is 1.22 bits per heavy atom. The van der Waals surface area contributed by atoms with Gasteiger partial charge in [-0.15, -0.1) is 11.3 Å². The topological polar surface area (TPSA) is 41.6 Å². The number of methoxy groups -OCH3 is 1. The van der Waals surface area contributed by atoms with Gasteiger partial charge in [-0.3, -0.25) is 0 Å². The third kappa shape index (κ3) is 3.66. The summed E-state index contributed by atoms with van der Waals surface area (Å²) in [6.07, 6.45) is 0.864. The molecule has 2 amide bonds. The zero-order valence-corrected chi connectivity index (χ0v) is 16.4. The van der Waals surface area contributed by atoms with Gasteiger partial charge in [-0.25, -0.2) is 4.79 Å². The van der Waals surface area contributed by atoms with Crippen molar-refractivity contribution in [1.82, 2.24) is 4.90 Å². The molecule has 2 heterocycles. The van der Waals surface area contributed by atoms with E-state index in [0.29, 0.717) is 17.3 Å². The first-order valence-electron chi connectivity index (χ1n) is 8.69. The number of carbonyl (C=O) groups is 1. The molecule has 1 atom stereocenters. The molecule has 3 aromatic rings. The first-order chi connectivity index (χ1) is 13.2. The van der Waals surface area contributed by atoms with Crippen LogP contribution in [0.15, 0.2) is 60.0 Å². The van der Waals surface area contributed by atoms with Crippen molar-refractivity contribution in [3.05, 3.63) is 81.0 Å². The summed E-state index contributed by atoms with van der Waals surface area (Å²) < 4.78 is 5.27. The van der Waals surface area contributed by atoms with Gasteiger partial charge in [-0.2, -0.15) is 0 Å². The first kappa shape index (κ1) is 17.9. The van der Waals surface area contributed by atoms with Gasteiger partial charge >= 0.3 is 6.03 Å². The number of urea groups is 1. The summed E-state index contributed by atoms with van der Waals surface area (Å²) in [6, 6.07) is 17.0. The van der Waals surface area contributed by atoms with Gasteiger partial charge in [-0.05, 0) is 59.3 Å². The van der Waals surface area contributed by atoms with Crippen LogP contribution >= 0.6 is 22.9 Å². The number of benzene rings is 2. The molecule has 4 rings (SSSR count). The van der Waals surface area contributed by atoms with Crippen molar-refractivity contribution in [3.63, 3.8) is 0 Å². The second-order valence-electron chi connectivity index (χ2n) is 6.36. The summed E-state index contributed by atoms with van der Waals surface area (Å²) >= 11 is 7.79. The van der Waals surface area contributed by atoms with Crippen LogP contribution in [0.2, 0.25) is 5.02 Å². The van der Waals surface area contributed by atoms with Crippen molar-refractivity contribution in [2.75, 3.05) is 19.0 Å². The Kier molecular flexibility index (Phi) is 5.05. The number of carbonyl (C=O) groups excluding carboxylic acids is 1. The molecular formula is C21H19ClN2O2S. The molecule has 0 radical (unpaired) electrons. The van der Waals surface area contributed by atoms with Gasteiger partial charge in [0, 0.05) is 22.1 Å². The molecule has 4 nitrogen and oxygen atoms in total. The molecule has 0 aliphatic carbocycles. The fourth-order valence-electron chi connectivity index (χ4n) is 3.44. The van der Waals surface area contributed by atoms with Crippen molar-refractivity contribution in [3.8, 4) is 5.75 Å². The molecule has 1 aromatic heterocycles. The molecule has 138 valence electrons. The molecule has 0 spiro atoms. The van der Waals surface area contributed by atoms with Crippen molar-refractivity contribution >= 4 is 34.7 Å². The molecule has 2 aromatic carbocycles. The van der Waals surface area contributed by atoms with E-state index in [4.69, 9.17) is 16.3 Å². The lowest BCUT2D eigenvalue weighted by molar-refractivity contribution is 0.194. The number of hydrogen-bond acceptors (Lipinski definition) is 3. The monoisotopic (exact) mass is 398 g/mol. The molecule has 1 unspecified atom stereocenters. The quantitative estimate of drug-likeness (QED) is 0.624. The van der Waals surface area contributed by atoms with E-state index in [0.717, 1.165) is 17.7 Å². The molecule has 0 bridgehead atoms. The number of fused-ring (bicyclic) bond motifs is 1. The average molecular weight is 399 g/mol. The van der Waals surface area contributed by atoms with Gasteiger partial charge in [0.1, 0.15) is 5.75 Å². The van der Waals surface area contributed by atoms with E-state index < -0.39 is 0 Å². The Labute approximate surface area is 167 Å². The summed E-state index contributed by atoms with van der Waals surface area (Å²) in [4.78, 5) is 16.3. The summed E-state index contributed by atoms with van der Waals surface area (Å²) in [5.41, 5.74) is 2.95. The Bertz CT molecular complexity index is 955. The van der Waals surface area contributed by atoms with Crippen molar-refractivity contribution < 1.29 is 9.53 Å². The number of hydrogen-bond donors (Lipinski definition) is 1. The highest BCUT2D eigenvalue weighted by molar-refractivity contribution is 7.10. The van der Waals surface area contributed by atoms with Gasteiger partial charge in [0.25, 0.3) is 0 Å². The van der Waals surface area contributed by atoms with E-state index in [9.17, 15) is 4.79 Å². The number of nitrogens with one attached hydrogen (secondary N) is 1. The Morgan fingerprint density at radius 2 is 2.04 bits per heavy atom. The number of amides is 2. The van der Waals surface area contributed by atoms with Crippen molar-refractivity contribution in [2.24, 2.45) is 0 Å². The van der Waals surface area contributed by atoms with Crippen LogP contribution in [0.1, 0.15) is 22.0 Å². The minimum Gasteiger partial charge on any atom is -0.497 e. The second-order valence-corrected chi connectivity index (χ2v) is 7.80. The third-order valence-electron chi connectivity index (χ3n) is 4.73. The molecule has 0 saturated carbocycles. The van der Waals surface area contributed by atoms with E-state index >= 15 is 0 Å². The lowest BCUT2D eigenvalue weighted by Gasteiger charge is -2.36. The smallest absolute Gasteiger partial charge is 0.322 e. The molecule has 1 N–H and O–H groups in total. The van der Waals surface area contributed by atoms with Crippen LogP contribution in [0.25, 0.3) is 0 Å². The number of nitrogens with zero attached hydrogens (tertiary/aromatic N) is 1. The van der Waals surface area contributed by atoms with Crippen LogP contribution in [0.3, 0.4) is 0 Å². The molecular weight excluding hydrogens is 380 g/mol. The minimum absolute atomic E-state index is 0.120. The third-order valence-corrected chi connectivity index (χ3v) is 5.97.